The number of carbonyl (C=O) groups excluding carboxylic acids is 1. The highest BCUT2D eigenvalue weighted by Gasteiger charge is 2.22. The average molecular weight is 290 g/mol. The first-order valence-corrected chi connectivity index (χ1v) is 7.37. The van der Waals surface area contributed by atoms with E-state index in [0.717, 1.165) is 12.8 Å². The molecule has 0 aliphatic heterocycles. The molecule has 2 rings (SSSR count). The molecule has 0 atom stereocenters. The first-order valence-electron chi connectivity index (χ1n) is 7.37. The van der Waals surface area contributed by atoms with E-state index in [1.54, 1.807) is 24.0 Å². The van der Waals surface area contributed by atoms with Crippen molar-refractivity contribution in [3.63, 3.8) is 0 Å². The minimum atomic E-state index is -0.954. The third-order valence-electron chi connectivity index (χ3n) is 4.15. The van der Waals surface area contributed by atoms with Crippen molar-refractivity contribution in [2.45, 2.75) is 45.1 Å². The summed E-state index contributed by atoms with van der Waals surface area (Å²) >= 11 is 0. The van der Waals surface area contributed by atoms with Gasteiger partial charge in [-0.2, -0.15) is 0 Å². The van der Waals surface area contributed by atoms with Gasteiger partial charge in [-0.25, -0.2) is 9.59 Å². The summed E-state index contributed by atoms with van der Waals surface area (Å²) < 4.78 is 0. The topological polar surface area (TPSA) is 69.6 Å². The van der Waals surface area contributed by atoms with E-state index in [0.29, 0.717) is 17.3 Å². The number of nitrogens with zero attached hydrogens (tertiary/aromatic N) is 1. The Morgan fingerprint density at radius 1 is 1.24 bits per heavy atom. The Morgan fingerprint density at radius 3 is 2.48 bits per heavy atom. The van der Waals surface area contributed by atoms with Crippen molar-refractivity contribution >= 4 is 17.7 Å². The van der Waals surface area contributed by atoms with Crippen LogP contribution in [0.15, 0.2) is 18.2 Å². The minimum absolute atomic E-state index is 0.135. The van der Waals surface area contributed by atoms with E-state index in [-0.39, 0.29) is 11.6 Å². The predicted molar refractivity (Wildman–Crippen MR) is 81.8 cm³/mol. The maximum absolute atomic E-state index is 12.2. The number of anilines is 1. The Bertz CT molecular complexity index is 536. The lowest BCUT2D eigenvalue weighted by molar-refractivity contribution is 0.0696. The average Bonchev–Trinajstić information content (AvgIpc) is 2.47. The number of carbonyl (C=O) groups is 2. The Balaban J connectivity index is 2.01. The van der Waals surface area contributed by atoms with Crippen LogP contribution in [0.2, 0.25) is 0 Å². The molecule has 5 heteroatoms. The van der Waals surface area contributed by atoms with Gasteiger partial charge in [0, 0.05) is 18.8 Å². The number of carboxylic acids is 1. The number of hydrogen-bond donors (Lipinski definition) is 2. The van der Waals surface area contributed by atoms with E-state index in [2.05, 4.69) is 5.32 Å². The fourth-order valence-corrected chi connectivity index (χ4v) is 2.83. The van der Waals surface area contributed by atoms with Crippen molar-refractivity contribution in [2.24, 2.45) is 0 Å². The van der Waals surface area contributed by atoms with E-state index in [4.69, 9.17) is 5.11 Å². The van der Waals surface area contributed by atoms with Gasteiger partial charge >= 0.3 is 12.0 Å². The van der Waals surface area contributed by atoms with E-state index < -0.39 is 5.97 Å². The van der Waals surface area contributed by atoms with Crippen LogP contribution in [0.3, 0.4) is 0 Å². The molecule has 1 aliphatic rings. The van der Waals surface area contributed by atoms with Crippen molar-refractivity contribution in [2.75, 3.05) is 12.4 Å². The van der Waals surface area contributed by atoms with Gasteiger partial charge in [0.25, 0.3) is 0 Å². The zero-order valence-electron chi connectivity index (χ0n) is 12.6. The van der Waals surface area contributed by atoms with Crippen LogP contribution >= 0.6 is 0 Å². The molecule has 1 aromatic rings. The van der Waals surface area contributed by atoms with E-state index in [1.807, 2.05) is 7.05 Å². The summed E-state index contributed by atoms with van der Waals surface area (Å²) in [6.45, 7) is 1.73. The number of urea groups is 1. The van der Waals surface area contributed by atoms with E-state index >= 15 is 0 Å². The molecular weight excluding hydrogens is 268 g/mol. The highest BCUT2D eigenvalue weighted by atomic mass is 16.4. The van der Waals surface area contributed by atoms with E-state index in [9.17, 15) is 9.59 Å². The molecule has 21 heavy (non-hydrogen) atoms. The van der Waals surface area contributed by atoms with Gasteiger partial charge in [0.1, 0.15) is 0 Å². The van der Waals surface area contributed by atoms with Crippen molar-refractivity contribution in [3.8, 4) is 0 Å². The molecule has 1 aliphatic carbocycles. The van der Waals surface area contributed by atoms with Crippen LogP contribution in [-0.4, -0.2) is 35.1 Å². The van der Waals surface area contributed by atoms with Crippen molar-refractivity contribution in [1.82, 2.24) is 4.90 Å². The molecule has 0 saturated heterocycles. The first kappa shape index (κ1) is 15.4. The van der Waals surface area contributed by atoms with Crippen molar-refractivity contribution in [3.05, 3.63) is 29.3 Å². The SMILES string of the molecule is Cc1cc(NC(=O)N(C)C2CCCCC2)ccc1C(=O)O. The van der Waals surface area contributed by atoms with Gasteiger partial charge in [-0.05, 0) is 43.5 Å². The second kappa shape index (κ2) is 6.61. The Kier molecular flexibility index (Phi) is 4.83. The van der Waals surface area contributed by atoms with Gasteiger partial charge in [-0.1, -0.05) is 19.3 Å². The van der Waals surface area contributed by atoms with Gasteiger partial charge < -0.3 is 15.3 Å². The number of hydrogen-bond acceptors (Lipinski definition) is 2. The number of carboxylic acid groups (broad SMARTS) is 1. The third-order valence-corrected chi connectivity index (χ3v) is 4.15. The first-order chi connectivity index (χ1) is 9.99. The quantitative estimate of drug-likeness (QED) is 0.895. The molecule has 0 radical (unpaired) electrons. The lowest BCUT2D eigenvalue weighted by Gasteiger charge is -2.31. The maximum atomic E-state index is 12.2. The Morgan fingerprint density at radius 2 is 1.90 bits per heavy atom. The van der Waals surface area contributed by atoms with Crippen LogP contribution in [0.4, 0.5) is 10.5 Å². The van der Waals surface area contributed by atoms with Gasteiger partial charge in [0.15, 0.2) is 0 Å². The standard InChI is InChI=1S/C16H22N2O3/c1-11-10-12(8-9-14(11)15(19)20)17-16(21)18(2)13-6-4-3-5-7-13/h8-10,13H,3-7H2,1-2H3,(H,17,21)(H,19,20). The largest absolute Gasteiger partial charge is 0.478 e. The molecule has 0 spiro atoms. The summed E-state index contributed by atoms with van der Waals surface area (Å²) in [5.41, 5.74) is 1.53. The number of aromatic carboxylic acids is 1. The molecule has 0 unspecified atom stereocenters. The van der Waals surface area contributed by atoms with Gasteiger partial charge in [0.2, 0.25) is 0 Å². The Hall–Kier alpha value is -2.04. The maximum Gasteiger partial charge on any atom is 0.335 e. The number of benzene rings is 1. The summed E-state index contributed by atoms with van der Waals surface area (Å²) in [6, 6.07) is 5.01. The fraction of sp³-hybridized carbons (Fsp3) is 0.500. The molecule has 1 fully saturated rings. The van der Waals surface area contributed by atoms with Gasteiger partial charge in [0.05, 0.1) is 5.56 Å². The van der Waals surface area contributed by atoms with Crippen LogP contribution in [-0.2, 0) is 0 Å². The number of aryl methyl sites for hydroxylation is 1. The summed E-state index contributed by atoms with van der Waals surface area (Å²) in [7, 11) is 1.82. The predicted octanol–water partition coefficient (Wildman–Crippen LogP) is 3.49. The molecule has 114 valence electrons. The highest BCUT2D eigenvalue weighted by molar-refractivity contribution is 5.92. The summed E-state index contributed by atoms with van der Waals surface area (Å²) in [4.78, 5) is 25.0. The second-order valence-electron chi connectivity index (χ2n) is 5.67. The molecular formula is C16H22N2O3. The molecule has 0 heterocycles. The second-order valence-corrected chi connectivity index (χ2v) is 5.67. The summed E-state index contributed by atoms with van der Waals surface area (Å²) in [5, 5.41) is 11.8. The lowest BCUT2D eigenvalue weighted by Crippen LogP contribution is -2.40. The summed E-state index contributed by atoms with van der Waals surface area (Å²) in [6.07, 6.45) is 5.72. The summed E-state index contributed by atoms with van der Waals surface area (Å²) in [5.74, 6) is -0.954. The Labute approximate surface area is 125 Å². The smallest absolute Gasteiger partial charge is 0.335 e. The molecule has 5 nitrogen and oxygen atoms in total. The third kappa shape index (κ3) is 3.74. The fourth-order valence-electron chi connectivity index (χ4n) is 2.83. The number of nitrogens with one attached hydrogen (secondary N) is 1. The van der Waals surface area contributed by atoms with Crippen molar-refractivity contribution < 1.29 is 14.7 Å². The van der Waals surface area contributed by atoms with Crippen LogP contribution in [0.5, 0.6) is 0 Å². The molecule has 1 saturated carbocycles. The van der Waals surface area contributed by atoms with Crippen LogP contribution < -0.4 is 5.32 Å². The monoisotopic (exact) mass is 290 g/mol. The molecule has 1 aromatic carbocycles. The van der Waals surface area contributed by atoms with E-state index in [1.165, 1.54) is 25.3 Å². The zero-order chi connectivity index (χ0) is 15.4. The molecule has 0 aromatic heterocycles. The van der Waals surface area contributed by atoms with Crippen LogP contribution in [0.1, 0.15) is 48.0 Å². The molecule has 2 amide bonds. The van der Waals surface area contributed by atoms with Crippen molar-refractivity contribution in [1.29, 1.82) is 0 Å². The van der Waals surface area contributed by atoms with Gasteiger partial charge in [-0.15, -0.1) is 0 Å². The number of rotatable bonds is 3. The molecule has 2 N–H and O–H groups in total. The van der Waals surface area contributed by atoms with Crippen LogP contribution in [0, 0.1) is 6.92 Å². The van der Waals surface area contributed by atoms with Gasteiger partial charge in [-0.3, -0.25) is 0 Å². The lowest BCUT2D eigenvalue weighted by atomic mass is 9.95. The minimum Gasteiger partial charge on any atom is -0.478 e. The van der Waals surface area contributed by atoms with Crippen LogP contribution in [0.25, 0.3) is 0 Å². The number of amides is 2. The zero-order valence-corrected chi connectivity index (χ0v) is 12.6. The molecule has 0 bridgehead atoms. The normalized spacial score (nSPS) is 15.5. The highest BCUT2D eigenvalue weighted by Crippen LogP contribution is 2.22.